The van der Waals surface area contributed by atoms with Crippen LogP contribution in [0, 0.1) is 5.92 Å². The molecule has 0 amide bonds. The highest BCUT2D eigenvalue weighted by atomic mass is 79.9. The summed E-state index contributed by atoms with van der Waals surface area (Å²) in [5.41, 5.74) is 0. The van der Waals surface area contributed by atoms with E-state index in [2.05, 4.69) is 31.1 Å². The molecule has 0 aliphatic carbocycles. The van der Waals surface area contributed by atoms with Gasteiger partial charge in [0.2, 0.25) is 0 Å². The van der Waals surface area contributed by atoms with Crippen molar-refractivity contribution in [2.45, 2.75) is 18.9 Å². The van der Waals surface area contributed by atoms with E-state index in [4.69, 9.17) is 0 Å². The molecule has 3 nitrogen and oxygen atoms in total. The molecule has 1 N–H and O–H groups in total. The van der Waals surface area contributed by atoms with E-state index in [1.54, 1.807) is 11.3 Å². The third-order valence-electron chi connectivity index (χ3n) is 3.44. The van der Waals surface area contributed by atoms with Gasteiger partial charge in [0, 0.05) is 18.0 Å². The Morgan fingerprint density at radius 1 is 1.47 bits per heavy atom. The number of rotatable bonds is 2. The molecule has 1 unspecified atom stereocenters. The number of fused-ring (bicyclic) bond motifs is 3. The second kappa shape index (κ2) is 4.03. The van der Waals surface area contributed by atoms with Crippen LogP contribution in [0.15, 0.2) is 9.98 Å². The minimum Gasteiger partial charge on any atom is -0.357 e. The van der Waals surface area contributed by atoms with Crippen molar-refractivity contribution in [1.29, 1.82) is 0 Å². The summed E-state index contributed by atoms with van der Waals surface area (Å²) >= 11 is 5.07. The van der Waals surface area contributed by atoms with Crippen molar-refractivity contribution in [1.82, 2.24) is 9.88 Å². The van der Waals surface area contributed by atoms with E-state index in [-0.39, 0.29) is 0 Å². The first kappa shape index (κ1) is 10.1. The Kier molecular flexibility index (Phi) is 2.70. The maximum absolute atomic E-state index is 4.39. The number of hydrogen-bond donors (Lipinski definition) is 1. The van der Waals surface area contributed by atoms with Crippen molar-refractivity contribution in [3.63, 3.8) is 0 Å². The Labute approximate surface area is 102 Å². The standard InChI is InChI=1S/C10H14BrN3S/c11-9-6-15-10(13-9)12-8-5-14-3-1-7(8)2-4-14/h6-8H,1-5H2,(H,12,13). The topological polar surface area (TPSA) is 28.2 Å². The van der Waals surface area contributed by atoms with Crippen LogP contribution in [0.4, 0.5) is 5.13 Å². The van der Waals surface area contributed by atoms with Gasteiger partial charge in [0.05, 0.1) is 0 Å². The fourth-order valence-corrected chi connectivity index (χ4v) is 3.81. The number of aromatic nitrogens is 1. The van der Waals surface area contributed by atoms with Gasteiger partial charge in [-0.3, -0.25) is 0 Å². The van der Waals surface area contributed by atoms with Crippen LogP contribution in [-0.2, 0) is 0 Å². The Morgan fingerprint density at radius 2 is 2.27 bits per heavy atom. The molecule has 0 aromatic carbocycles. The summed E-state index contributed by atoms with van der Waals surface area (Å²) in [7, 11) is 0. The van der Waals surface area contributed by atoms with Gasteiger partial charge in [-0.05, 0) is 47.8 Å². The molecule has 3 aliphatic rings. The van der Waals surface area contributed by atoms with Crippen molar-refractivity contribution in [3.05, 3.63) is 9.98 Å². The van der Waals surface area contributed by atoms with Crippen LogP contribution < -0.4 is 5.32 Å². The second-order valence-electron chi connectivity index (χ2n) is 4.36. The van der Waals surface area contributed by atoms with Gasteiger partial charge in [0.25, 0.3) is 0 Å². The van der Waals surface area contributed by atoms with Crippen LogP contribution in [0.2, 0.25) is 0 Å². The average Bonchev–Trinajstić information content (AvgIpc) is 2.66. The molecule has 82 valence electrons. The molecular weight excluding hydrogens is 274 g/mol. The molecule has 5 heteroatoms. The van der Waals surface area contributed by atoms with Gasteiger partial charge >= 0.3 is 0 Å². The fraction of sp³-hybridized carbons (Fsp3) is 0.700. The molecular formula is C10H14BrN3S. The van der Waals surface area contributed by atoms with Crippen LogP contribution in [-0.4, -0.2) is 35.6 Å². The third-order valence-corrected chi connectivity index (χ3v) is 4.92. The number of hydrogen-bond acceptors (Lipinski definition) is 4. The Balaban J connectivity index is 1.68. The molecule has 2 bridgehead atoms. The van der Waals surface area contributed by atoms with Gasteiger partial charge < -0.3 is 10.2 Å². The summed E-state index contributed by atoms with van der Waals surface area (Å²) in [5.74, 6) is 0.859. The second-order valence-corrected chi connectivity index (χ2v) is 6.03. The fourth-order valence-electron chi connectivity index (χ4n) is 2.61. The van der Waals surface area contributed by atoms with Gasteiger partial charge in [-0.25, -0.2) is 4.98 Å². The van der Waals surface area contributed by atoms with Crippen LogP contribution in [0.5, 0.6) is 0 Å². The smallest absolute Gasteiger partial charge is 0.184 e. The number of nitrogens with zero attached hydrogens (tertiary/aromatic N) is 2. The first-order chi connectivity index (χ1) is 7.31. The molecule has 4 heterocycles. The van der Waals surface area contributed by atoms with E-state index < -0.39 is 0 Å². The lowest BCUT2D eigenvalue weighted by Crippen LogP contribution is -2.53. The number of halogens is 1. The first-order valence-electron chi connectivity index (χ1n) is 5.41. The number of thiazole rings is 1. The molecule has 3 aliphatic heterocycles. The quantitative estimate of drug-likeness (QED) is 0.906. The Bertz CT molecular complexity index is 346. The SMILES string of the molecule is Brc1csc(NC2CN3CCC2CC3)n1. The van der Waals surface area contributed by atoms with Crippen molar-refractivity contribution < 1.29 is 0 Å². The zero-order valence-electron chi connectivity index (χ0n) is 8.45. The Morgan fingerprint density at radius 3 is 2.80 bits per heavy atom. The minimum atomic E-state index is 0.616. The van der Waals surface area contributed by atoms with Crippen molar-refractivity contribution >= 4 is 32.4 Å². The lowest BCUT2D eigenvalue weighted by Gasteiger charge is -2.44. The average molecular weight is 288 g/mol. The predicted molar refractivity (Wildman–Crippen MR) is 66.4 cm³/mol. The number of anilines is 1. The van der Waals surface area contributed by atoms with Gasteiger partial charge in [-0.2, -0.15) is 0 Å². The van der Waals surface area contributed by atoms with Gasteiger partial charge in [0.1, 0.15) is 4.60 Å². The highest BCUT2D eigenvalue weighted by Crippen LogP contribution is 2.30. The normalized spacial score (nSPS) is 34.3. The van der Waals surface area contributed by atoms with E-state index in [1.807, 2.05) is 5.38 Å². The summed E-state index contributed by atoms with van der Waals surface area (Å²) in [4.78, 5) is 6.95. The zero-order valence-corrected chi connectivity index (χ0v) is 10.9. The molecule has 3 fully saturated rings. The maximum atomic E-state index is 4.39. The van der Waals surface area contributed by atoms with Crippen molar-refractivity contribution in [2.24, 2.45) is 5.92 Å². The first-order valence-corrected chi connectivity index (χ1v) is 7.08. The van der Waals surface area contributed by atoms with E-state index in [1.165, 1.54) is 32.5 Å². The molecule has 4 rings (SSSR count). The van der Waals surface area contributed by atoms with Gasteiger partial charge in [-0.15, -0.1) is 11.3 Å². The largest absolute Gasteiger partial charge is 0.357 e. The van der Waals surface area contributed by atoms with Crippen LogP contribution in [0.3, 0.4) is 0 Å². The van der Waals surface area contributed by atoms with Crippen LogP contribution >= 0.6 is 27.3 Å². The van der Waals surface area contributed by atoms with E-state index in [0.29, 0.717) is 6.04 Å². The lowest BCUT2D eigenvalue weighted by atomic mass is 9.84. The molecule has 1 atom stereocenters. The molecule has 0 saturated carbocycles. The summed E-state index contributed by atoms with van der Waals surface area (Å²) in [6.45, 7) is 3.79. The maximum Gasteiger partial charge on any atom is 0.184 e. The lowest BCUT2D eigenvalue weighted by molar-refractivity contribution is 0.0975. The van der Waals surface area contributed by atoms with E-state index >= 15 is 0 Å². The number of nitrogens with one attached hydrogen (secondary N) is 1. The minimum absolute atomic E-state index is 0.616. The van der Waals surface area contributed by atoms with Crippen molar-refractivity contribution in [3.8, 4) is 0 Å². The highest BCUT2D eigenvalue weighted by molar-refractivity contribution is 9.10. The Hall–Kier alpha value is -0.130. The molecule has 0 radical (unpaired) electrons. The van der Waals surface area contributed by atoms with Crippen molar-refractivity contribution in [2.75, 3.05) is 25.0 Å². The summed E-state index contributed by atoms with van der Waals surface area (Å²) in [6.07, 6.45) is 2.70. The molecule has 1 aromatic heterocycles. The van der Waals surface area contributed by atoms with E-state index in [0.717, 1.165) is 15.7 Å². The highest BCUT2D eigenvalue weighted by Gasteiger charge is 2.34. The van der Waals surface area contributed by atoms with Gasteiger partial charge in [-0.1, -0.05) is 0 Å². The monoisotopic (exact) mass is 287 g/mol. The zero-order chi connectivity index (χ0) is 10.3. The van der Waals surface area contributed by atoms with Crippen LogP contribution in [0.1, 0.15) is 12.8 Å². The molecule has 0 spiro atoms. The third kappa shape index (κ3) is 2.05. The summed E-state index contributed by atoms with van der Waals surface area (Å²) in [6, 6.07) is 0.616. The summed E-state index contributed by atoms with van der Waals surface area (Å²) < 4.78 is 0.941. The number of piperidine rings is 3. The molecule has 3 saturated heterocycles. The van der Waals surface area contributed by atoms with Gasteiger partial charge in [0.15, 0.2) is 5.13 Å². The van der Waals surface area contributed by atoms with Crippen LogP contribution in [0.25, 0.3) is 0 Å². The summed E-state index contributed by atoms with van der Waals surface area (Å²) in [5, 5.41) is 6.66. The molecule has 15 heavy (non-hydrogen) atoms. The van der Waals surface area contributed by atoms with E-state index in [9.17, 15) is 0 Å². The molecule has 1 aromatic rings. The predicted octanol–water partition coefficient (Wildman–Crippen LogP) is 2.41.